The summed E-state index contributed by atoms with van der Waals surface area (Å²) >= 11 is 0. The Hall–Kier alpha value is -0.720. The molecule has 1 aromatic heterocycles. The van der Waals surface area contributed by atoms with Crippen molar-refractivity contribution in [2.75, 3.05) is 0 Å². The standard InChI is InChI=1S/C14H24O/c1-13(2,3)9-11-7-8-12(15-11)10-14(4,5)6/h7-8H,9-10H2,1-6H3. The second kappa shape index (κ2) is 4.03. The van der Waals surface area contributed by atoms with Crippen LogP contribution in [0.1, 0.15) is 53.1 Å². The van der Waals surface area contributed by atoms with Crippen molar-refractivity contribution >= 4 is 0 Å². The molecule has 0 unspecified atom stereocenters. The smallest absolute Gasteiger partial charge is 0.104 e. The topological polar surface area (TPSA) is 13.1 Å². The van der Waals surface area contributed by atoms with Gasteiger partial charge in [-0.1, -0.05) is 41.5 Å². The predicted molar refractivity (Wildman–Crippen MR) is 65.0 cm³/mol. The van der Waals surface area contributed by atoms with Gasteiger partial charge in [0.15, 0.2) is 0 Å². The summed E-state index contributed by atoms with van der Waals surface area (Å²) in [7, 11) is 0. The van der Waals surface area contributed by atoms with Gasteiger partial charge >= 0.3 is 0 Å². The van der Waals surface area contributed by atoms with Gasteiger partial charge in [0, 0.05) is 12.8 Å². The van der Waals surface area contributed by atoms with Crippen LogP contribution in [0.2, 0.25) is 0 Å². The highest BCUT2D eigenvalue weighted by atomic mass is 16.3. The number of hydrogen-bond acceptors (Lipinski definition) is 1. The van der Waals surface area contributed by atoms with E-state index >= 15 is 0 Å². The molecule has 0 aliphatic rings. The molecule has 0 aromatic carbocycles. The van der Waals surface area contributed by atoms with E-state index in [-0.39, 0.29) is 0 Å². The third-order valence-corrected chi connectivity index (χ3v) is 2.13. The molecule has 0 atom stereocenters. The molecule has 0 spiro atoms. The average molecular weight is 208 g/mol. The molecule has 1 rings (SSSR count). The van der Waals surface area contributed by atoms with Crippen LogP contribution in [0.5, 0.6) is 0 Å². The SMILES string of the molecule is CC(C)(C)Cc1ccc(CC(C)(C)C)o1. The van der Waals surface area contributed by atoms with Crippen molar-refractivity contribution in [3.63, 3.8) is 0 Å². The Kier molecular flexibility index (Phi) is 3.32. The highest BCUT2D eigenvalue weighted by Crippen LogP contribution is 2.25. The molecule has 0 radical (unpaired) electrons. The molecule has 1 nitrogen and oxygen atoms in total. The molecule has 15 heavy (non-hydrogen) atoms. The van der Waals surface area contributed by atoms with Crippen molar-refractivity contribution in [3.8, 4) is 0 Å². The molecule has 86 valence electrons. The Morgan fingerprint density at radius 3 is 1.40 bits per heavy atom. The van der Waals surface area contributed by atoms with Crippen LogP contribution in [-0.2, 0) is 12.8 Å². The van der Waals surface area contributed by atoms with Gasteiger partial charge in [0.25, 0.3) is 0 Å². The quantitative estimate of drug-likeness (QED) is 0.699. The average Bonchev–Trinajstić information content (AvgIpc) is 2.28. The minimum atomic E-state index is 0.302. The summed E-state index contributed by atoms with van der Waals surface area (Å²) in [6, 6.07) is 4.23. The maximum absolute atomic E-state index is 5.84. The summed E-state index contributed by atoms with van der Waals surface area (Å²) in [6.45, 7) is 13.4. The summed E-state index contributed by atoms with van der Waals surface area (Å²) in [5.74, 6) is 2.23. The first kappa shape index (κ1) is 12.4. The lowest BCUT2D eigenvalue weighted by molar-refractivity contribution is 0.325. The monoisotopic (exact) mass is 208 g/mol. The van der Waals surface area contributed by atoms with E-state index < -0.39 is 0 Å². The van der Waals surface area contributed by atoms with Crippen molar-refractivity contribution in [3.05, 3.63) is 23.7 Å². The first-order valence-corrected chi connectivity index (χ1v) is 5.73. The van der Waals surface area contributed by atoms with E-state index in [1.54, 1.807) is 0 Å². The van der Waals surface area contributed by atoms with E-state index in [4.69, 9.17) is 4.42 Å². The fraction of sp³-hybridized carbons (Fsp3) is 0.714. The third-order valence-electron chi connectivity index (χ3n) is 2.13. The fourth-order valence-corrected chi connectivity index (χ4v) is 1.66. The van der Waals surface area contributed by atoms with Crippen molar-refractivity contribution in [2.45, 2.75) is 54.4 Å². The second-order valence-corrected chi connectivity index (χ2v) is 6.84. The predicted octanol–water partition coefficient (Wildman–Crippen LogP) is 4.46. The Bertz CT molecular complexity index is 276. The molecule has 0 saturated carbocycles. The second-order valence-electron chi connectivity index (χ2n) is 6.84. The zero-order valence-corrected chi connectivity index (χ0v) is 11.0. The molecular formula is C14H24O. The molecule has 0 bridgehead atoms. The normalized spacial score (nSPS) is 13.2. The summed E-state index contributed by atoms with van der Waals surface area (Å²) < 4.78 is 5.84. The lowest BCUT2D eigenvalue weighted by Gasteiger charge is -2.17. The van der Waals surface area contributed by atoms with Gasteiger partial charge in [-0.2, -0.15) is 0 Å². The molecule has 0 saturated heterocycles. The number of rotatable bonds is 2. The van der Waals surface area contributed by atoms with E-state index in [1.807, 2.05) is 0 Å². The van der Waals surface area contributed by atoms with Gasteiger partial charge in [-0.15, -0.1) is 0 Å². The molecule has 0 aliphatic carbocycles. The van der Waals surface area contributed by atoms with Crippen LogP contribution in [0.4, 0.5) is 0 Å². The van der Waals surface area contributed by atoms with Crippen molar-refractivity contribution in [1.29, 1.82) is 0 Å². The minimum absolute atomic E-state index is 0.302. The van der Waals surface area contributed by atoms with Crippen LogP contribution in [0.3, 0.4) is 0 Å². The zero-order chi connectivity index (χ0) is 11.7. The van der Waals surface area contributed by atoms with E-state index in [1.165, 1.54) is 0 Å². The fourth-order valence-electron chi connectivity index (χ4n) is 1.66. The van der Waals surface area contributed by atoms with Gasteiger partial charge in [0.05, 0.1) is 0 Å². The molecule has 1 aromatic rings. The van der Waals surface area contributed by atoms with E-state index in [0.29, 0.717) is 10.8 Å². The molecule has 1 heteroatoms. The Balaban J connectivity index is 2.65. The summed E-state index contributed by atoms with van der Waals surface area (Å²) in [6.07, 6.45) is 2.02. The van der Waals surface area contributed by atoms with Crippen LogP contribution in [0, 0.1) is 10.8 Å². The van der Waals surface area contributed by atoms with E-state index in [0.717, 1.165) is 24.4 Å². The highest BCUT2D eigenvalue weighted by molar-refractivity contribution is 5.09. The first-order valence-electron chi connectivity index (χ1n) is 5.73. The Morgan fingerprint density at radius 2 is 1.13 bits per heavy atom. The lowest BCUT2D eigenvalue weighted by atomic mass is 9.91. The van der Waals surface area contributed by atoms with Gasteiger partial charge in [-0.25, -0.2) is 0 Å². The number of hydrogen-bond donors (Lipinski definition) is 0. The summed E-state index contributed by atoms with van der Waals surface area (Å²) in [5, 5.41) is 0. The molecule has 0 fully saturated rings. The first-order chi connectivity index (χ1) is 6.66. The van der Waals surface area contributed by atoms with Crippen LogP contribution in [-0.4, -0.2) is 0 Å². The molecule has 1 heterocycles. The molecular weight excluding hydrogens is 184 g/mol. The lowest BCUT2D eigenvalue weighted by Crippen LogP contribution is -2.09. The Labute approximate surface area is 93.9 Å². The van der Waals surface area contributed by atoms with Gasteiger partial charge in [0.1, 0.15) is 11.5 Å². The zero-order valence-electron chi connectivity index (χ0n) is 11.0. The van der Waals surface area contributed by atoms with Gasteiger partial charge in [-0.3, -0.25) is 0 Å². The van der Waals surface area contributed by atoms with Crippen LogP contribution in [0.25, 0.3) is 0 Å². The molecule has 0 amide bonds. The van der Waals surface area contributed by atoms with Gasteiger partial charge in [0.2, 0.25) is 0 Å². The van der Waals surface area contributed by atoms with Gasteiger partial charge in [-0.05, 0) is 23.0 Å². The Morgan fingerprint density at radius 1 is 0.800 bits per heavy atom. The van der Waals surface area contributed by atoms with E-state index in [9.17, 15) is 0 Å². The largest absolute Gasteiger partial charge is 0.466 e. The van der Waals surface area contributed by atoms with Crippen molar-refractivity contribution in [2.24, 2.45) is 10.8 Å². The maximum atomic E-state index is 5.84. The summed E-state index contributed by atoms with van der Waals surface area (Å²) in [5.41, 5.74) is 0.605. The molecule has 0 aliphatic heterocycles. The highest BCUT2D eigenvalue weighted by Gasteiger charge is 2.17. The van der Waals surface area contributed by atoms with Crippen molar-refractivity contribution in [1.82, 2.24) is 0 Å². The van der Waals surface area contributed by atoms with Crippen LogP contribution < -0.4 is 0 Å². The maximum Gasteiger partial charge on any atom is 0.104 e. The summed E-state index contributed by atoms with van der Waals surface area (Å²) in [4.78, 5) is 0. The van der Waals surface area contributed by atoms with Crippen LogP contribution in [0.15, 0.2) is 16.5 Å². The van der Waals surface area contributed by atoms with Crippen molar-refractivity contribution < 1.29 is 4.42 Å². The van der Waals surface area contributed by atoms with Gasteiger partial charge < -0.3 is 4.42 Å². The van der Waals surface area contributed by atoms with Crippen LogP contribution >= 0.6 is 0 Å². The third kappa shape index (κ3) is 5.06. The minimum Gasteiger partial charge on any atom is -0.466 e. The van der Waals surface area contributed by atoms with E-state index in [2.05, 4.69) is 53.7 Å². The molecule has 0 N–H and O–H groups in total. The number of furan rings is 1.